The van der Waals surface area contributed by atoms with Crippen molar-refractivity contribution in [3.63, 3.8) is 0 Å². The maximum absolute atomic E-state index is 12.7. The molecule has 0 bridgehead atoms. The summed E-state index contributed by atoms with van der Waals surface area (Å²) in [4.78, 5) is 15.0. The van der Waals surface area contributed by atoms with Gasteiger partial charge in [0.25, 0.3) is 0 Å². The van der Waals surface area contributed by atoms with E-state index in [0.717, 1.165) is 33.2 Å². The number of rotatable bonds is 7. The van der Waals surface area contributed by atoms with Crippen LogP contribution in [0.3, 0.4) is 0 Å². The normalized spacial score (nSPS) is 16.5. The SMILES string of the molecule is CC1N=C(/C(=C/c2cccc(-c3cc(C(C)(C)S(C)(=O)=O)cc4cccnc34)c2)c2ccc(S(C)(=O)=O)cc2)ON1. The van der Waals surface area contributed by atoms with Crippen molar-refractivity contribution in [3.8, 4) is 11.1 Å². The van der Waals surface area contributed by atoms with Gasteiger partial charge < -0.3 is 4.84 Å². The molecule has 0 saturated heterocycles. The molecule has 5 rings (SSSR count). The van der Waals surface area contributed by atoms with Gasteiger partial charge in [-0.25, -0.2) is 21.8 Å². The fourth-order valence-corrected chi connectivity index (χ4v) is 5.76. The molecule has 0 aliphatic carbocycles. The van der Waals surface area contributed by atoms with E-state index < -0.39 is 24.4 Å². The van der Waals surface area contributed by atoms with Gasteiger partial charge >= 0.3 is 0 Å². The molecule has 10 heteroatoms. The van der Waals surface area contributed by atoms with Crippen LogP contribution >= 0.6 is 0 Å². The third-order valence-corrected chi connectivity index (χ3v) is 10.5. The summed E-state index contributed by atoms with van der Waals surface area (Å²) in [5, 5.41) is 0.845. The number of sulfone groups is 2. The molecule has 4 aromatic rings. The molecule has 41 heavy (non-hydrogen) atoms. The number of pyridine rings is 1. The van der Waals surface area contributed by atoms with Gasteiger partial charge in [-0.2, -0.15) is 0 Å². The van der Waals surface area contributed by atoms with Crippen LogP contribution in [0.4, 0.5) is 0 Å². The lowest BCUT2D eigenvalue weighted by molar-refractivity contribution is 0.188. The molecule has 1 aromatic heterocycles. The van der Waals surface area contributed by atoms with Crippen LogP contribution in [-0.2, 0) is 29.3 Å². The Balaban J connectivity index is 1.66. The predicted molar refractivity (Wildman–Crippen MR) is 164 cm³/mol. The van der Waals surface area contributed by atoms with Crippen molar-refractivity contribution >= 4 is 48.1 Å². The quantitative estimate of drug-likeness (QED) is 0.287. The fourth-order valence-electron chi connectivity index (χ4n) is 4.58. The number of hydrogen-bond acceptors (Lipinski definition) is 8. The van der Waals surface area contributed by atoms with E-state index in [1.807, 2.05) is 61.5 Å². The molecule has 2 heterocycles. The van der Waals surface area contributed by atoms with Crippen LogP contribution in [0.1, 0.15) is 37.5 Å². The molecule has 0 amide bonds. The minimum atomic E-state index is -3.40. The van der Waals surface area contributed by atoms with E-state index in [2.05, 4.69) is 15.5 Å². The van der Waals surface area contributed by atoms with Gasteiger partial charge in [-0.15, -0.1) is 5.48 Å². The summed E-state index contributed by atoms with van der Waals surface area (Å²) in [6.45, 7) is 5.28. The van der Waals surface area contributed by atoms with E-state index in [9.17, 15) is 16.8 Å². The lowest BCUT2D eigenvalue weighted by Gasteiger charge is -2.24. The smallest absolute Gasteiger partial charge is 0.242 e. The zero-order valence-electron chi connectivity index (χ0n) is 23.4. The van der Waals surface area contributed by atoms with Gasteiger partial charge in [-0.05, 0) is 85.5 Å². The highest BCUT2D eigenvalue weighted by Gasteiger charge is 2.33. The van der Waals surface area contributed by atoms with E-state index >= 15 is 0 Å². The maximum atomic E-state index is 12.7. The van der Waals surface area contributed by atoms with Gasteiger partial charge in [-0.3, -0.25) is 4.98 Å². The molecule has 0 saturated carbocycles. The zero-order chi connectivity index (χ0) is 29.6. The molecular weight excluding hydrogens is 558 g/mol. The van der Waals surface area contributed by atoms with E-state index in [-0.39, 0.29) is 11.1 Å². The summed E-state index contributed by atoms with van der Waals surface area (Å²) in [7, 11) is -6.75. The molecule has 212 valence electrons. The van der Waals surface area contributed by atoms with Crippen LogP contribution in [0.15, 0.2) is 88.9 Å². The van der Waals surface area contributed by atoms with Crippen molar-refractivity contribution in [2.45, 2.75) is 36.6 Å². The lowest BCUT2D eigenvalue weighted by Crippen LogP contribution is -2.28. The Kier molecular flexibility index (Phi) is 7.35. The summed E-state index contributed by atoms with van der Waals surface area (Å²) < 4.78 is 48.3. The van der Waals surface area contributed by atoms with Gasteiger partial charge in [0.2, 0.25) is 5.90 Å². The third-order valence-electron chi connectivity index (χ3n) is 7.30. The van der Waals surface area contributed by atoms with Gasteiger partial charge in [0.05, 0.1) is 15.2 Å². The minimum Gasteiger partial charge on any atom is -0.386 e. The molecule has 1 aliphatic heterocycles. The Labute approximate surface area is 240 Å². The first-order valence-electron chi connectivity index (χ1n) is 13.0. The van der Waals surface area contributed by atoms with E-state index in [1.54, 1.807) is 44.3 Å². The van der Waals surface area contributed by atoms with E-state index in [1.165, 1.54) is 12.5 Å². The van der Waals surface area contributed by atoms with Crippen molar-refractivity contribution in [1.82, 2.24) is 10.5 Å². The zero-order valence-corrected chi connectivity index (χ0v) is 25.0. The maximum Gasteiger partial charge on any atom is 0.242 e. The molecule has 0 fully saturated rings. The topological polar surface area (TPSA) is 115 Å². The number of fused-ring (bicyclic) bond motifs is 1. The number of hydrogen-bond donors (Lipinski definition) is 1. The third kappa shape index (κ3) is 5.81. The standard InChI is InChI=1S/C31H31N3O5S2/c1-20-33-30(39-34-20)28(22-11-13-26(14-12-22)40(4,35)36)17-21-8-6-9-23(16-21)27-19-25(31(2,3)41(5,37)38)18-24-10-7-15-32-29(24)27/h6-20,34H,1-5H3/b28-17+. The molecule has 1 unspecified atom stereocenters. The Morgan fingerprint density at radius 2 is 1.68 bits per heavy atom. The van der Waals surface area contributed by atoms with E-state index in [0.29, 0.717) is 17.0 Å². The Morgan fingerprint density at radius 3 is 2.32 bits per heavy atom. The van der Waals surface area contributed by atoms with Gasteiger partial charge in [0, 0.05) is 35.2 Å². The first-order chi connectivity index (χ1) is 19.2. The number of nitrogens with zero attached hydrogens (tertiary/aromatic N) is 2. The number of aromatic nitrogens is 1. The average Bonchev–Trinajstić information content (AvgIpc) is 3.36. The molecule has 8 nitrogen and oxygen atoms in total. The van der Waals surface area contributed by atoms with Crippen LogP contribution in [-0.4, -0.2) is 46.4 Å². The first kappa shape index (κ1) is 28.7. The predicted octanol–water partition coefficient (Wildman–Crippen LogP) is 5.40. The summed E-state index contributed by atoms with van der Waals surface area (Å²) in [5.41, 5.74) is 8.20. The highest BCUT2D eigenvalue weighted by molar-refractivity contribution is 7.91. The summed E-state index contributed by atoms with van der Waals surface area (Å²) in [5.74, 6) is 0.388. The minimum absolute atomic E-state index is 0.222. The van der Waals surface area contributed by atoms with Crippen molar-refractivity contribution in [2.24, 2.45) is 4.99 Å². The van der Waals surface area contributed by atoms with Crippen LogP contribution in [0.5, 0.6) is 0 Å². The average molecular weight is 590 g/mol. The largest absolute Gasteiger partial charge is 0.386 e. The molecule has 1 atom stereocenters. The summed E-state index contributed by atoms with van der Waals surface area (Å²) >= 11 is 0. The highest BCUT2D eigenvalue weighted by atomic mass is 32.2. The van der Waals surface area contributed by atoms with Gasteiger partial charge in [0.1, 0.15) is 6.17 Å². The van der Waals surface area contributed by atoms with Crippen LogP contribution in [0, 0.1) is 0 Å². The van der Waals surface area contributed by atoms with Gasteiger partial charge in [0.15, 0.2) is 19.7 Å². The lowest BCUT2D eigenvalue weighted by atomic mass is 9.92. The molecule has 3 aromatic carbocycles. The number of hydroxylamine groups is 1. The highest BCUT2D eigenvalue weighted by Crippen LogP contribution is 2.37. The second-order valence-electron chi connectivity index (χ2n) is 10.7. The van der Waals surface area contributed by atoms with Crippen molar-refractivity contribution in [2.75, 3.05) is 12.5 Å². The summed E-state index contributed by atoms with van der Waals surface area (Å²) in [6.07, 6.45) is 5.83. The molecule has 0 spiro atoms. The van der Waals surface area contributed by atoms with Crippen molar-refractivity contribution in [1.29, 1.82) is 0 Å². The molecule has 0 radical (unpaired) electrons. The molecule has 1 N–H and O–H groups in total. The first-order valence-corrected chi connectivity index (χ1v) is 16.7. The second kappa shape index (κ2) is 10.5. The number of benzene rings is 3. The monoisotopic (exact) mass is 589 g/mol. The Morgan fingerprint density at radius 1 is 0.951 bits per heavy atom. The Bertz CT molecular complexity index is 1930. The van der Waals surface area contributed by atoms with Crippen LogP contribution in [0.25, 0.3) is 33.7 Å². The Hall–Kier alpha value is -3.86. The van der Waals surface area contributed by atoms with Crippen molar-refractivity contribution in [3.05, 3.63) is 95.7 Å². The van der Waals surface area contributed by atoms with E-state index in [4.69, 9.17) is 4.84 Å². The molecule has 1 aliphatic rings. The molecular formula is C31H31N3O5S2. The number of aliphatic imine (C=N–C) groups is 1. The van der Waals surface area contributed by atoms with Crippen LogP contribution < -0.4 is 5.48 Å². The van der Waals surface area contributed by atoms with Crippen molar-refractivity contribution < 1.29 is 21.7 Å². The van der Waals surface area contributed by atoms with Gasteiger partial charge in [-0.1, -0.05) is 36.4 Å². The summed E-state index contributed by atoms with van der Waals surface area (Å²) in [6, 6.07) is 22.0. The number of nitrogens with one attached hydrogen (secondary N) is 1. The second-order valence-corrected chi connectivity index (χ2v) is 15.3. The fraction of sp³-hybridized carbons (Fsp3) is 0.226. The van der Waals surface area contributed by atoms with Crippen LogP contribution in [0.2, 0.25) is 0 Å².